The third-order valence-electron chi connectivity index (χ3n) is 4.43. The number of aryl methyl sites for hydroxylation is 1. The molecule has 2 aromatic rings. The molecule has 100 valence electrons. The molecule has 0 saturated heterocycles. The largest absolute Gasteiger partial charge is 0.341 e. The van der Waals surface area contributed by atoms with Gasteiger partial charge in [0.25, 0.3) is 0 Å². The number of rotatable bonds is 1. The van der Waals surface area contributed by atoms with Gasteiger partial charge in [0.2, 0.25) is 0 Å². The zero-order chi connectivity index (χ0) is 13.5. The van der Waals surface area contributed by atoms with Gasteiger partial charge in [-0.15, -0.1) is 0 Å². The van der Waals surface area contributed by atoms with Gasteiger partial charge in [0.05, 0.1) is 0 Å². The van der Waals surface area contributed by atoms with E-state index in [1.807, 2.05) is 0 Å². The molecule has 0 bridgehead atoms. The van der Waals surface area contributed by atoms with Crippen LogP contribution in [0, 0.1) is 0 Å². The molecule has 0 amide bonds. The second kappa shape index (κ2) is 4.52. The highest BCUT2D eigenvalue weighted by Gasteiger charge is 2.22. The van der Waals surface area contributed by atoms with Gasteiger partial charge >= 0.3 is 0 Å². The minimum absolute atomic E-state index is 1.11. The summed E-state index contributed by atoms with van der Waals surface area (Å²) in [6.45, 7) is 3.36. The maximum absolute atomic E-state index is 2.51. The van der Waals surface area contributed by atoms with Crippen molar-refractivity contribution in [3.8, 4) is 0 Å². The molecular formula is C19H19N. The van der Waals surface area contributed by atoms with Crippen LogP contribution in [-0.4, -0.2) is 6.54 Å². The maximum Gasteiger partial charge on any atom is 0.0487 e. The Kier molecular flexibility index (Phi) is 2.66. The van der Waals surface area contributed by atoms with Crippen LogP contribution >= 0.6 is 0 Å². The fourth-order valence-electron chi connectivity index (χ4n) is 3.54. The van der Waals surface area contributed by atoms with Gasteiger partial charge in [-0.05, 0) is 49.4 Å². The summed E-state index contributed by atoms with van der Waals surface area (Å²) in [7, 11) is 0. The van der Waals surface area contributed by atoms with Crippen molar-refractivity contribution in [3.05, 3.63) is 64.7 Å². The number of para-hydroxylation sites is 1. The van der Waals surface area contributed by atoms with E-state index in [9.17, 15) is 0 Å². The maximum atomic E-state index is 2.51. The zero-order valence-electron chi connectivity index (χ0n) is 11.9. The summed E-state index contributed by atoms with van der Waals surface area (Å²) in [5.41, 5.74) is 8.63. The van der Waals surface area contributed by atoms with Crippen molar-refractivity contribution in [1.82, 2.24) is 0 Å². The Balaban J connectivity index is 1.86. The van der Waals surface area contributed by atoms with Gasteiger partial charge < -0.3 is 4.90 Å². The van der Waals surface area contributed by atoms with Gasteiger partial charge in [-0.3, -0.25) is 0 Å². The van der Waals surface area contributed by atoms with E-state index in [4.69, 9.17) is 0 Å². The third kappa shape index (κ3) is 1.77. The van der Waals surface area contributed by atoms with E-state index in [2.05, 4.69) is 60.4 Å². The third-order valence-corrected chi connectivity index (χ3v) is 4.43. The van der Waals surface area contributed by atoms with Crippen molar-refractivity contribution in [2.75, 3.05) is 11.4 Å². The number of nitrogens with zero attached hydrogens (tertiary/aromatic N) is 1. The van der Waals surface area contributed by atoms with Crippen LogP contribution in [-0.2, 0) is 12.8 Å². The molecule has 0 aromatic heterocycles. The molecule has 1 heteroatoms. The Hall–Kier alpha value is -2.02. The van der Waals surface area contributed by atoms with Crippen molar-refractivity contribution in [1.29, 1.82) is 0 Å². The van der Waals surface area contributed by atoms with Crippen LogP contribution in [0.25, 0.3) is 6.08 Å². The number of hydrogen-bond acceptors (Lipinski definition) is 1. The average molecular weight is 261 g/mol. The molecule has 20 heavy (non-hydrogen) atoms. The lowest BCUT2D eigenvalue weighted by atomic mass is 9.99. The first kappa shape index (κ1) is 11.8. The summed E-state index contributed by atoms with van der Waals surface area (Å²) < 4.78 is 0. The predicted molar refractivity (Wildman–Crippen MR) is 85.6 cm³/mol. The average Bonchev–Trinajstić information content (AvgIpc) is 2.87. The first-order valence-electron chi connectivity index (χ1n) is 7.47. The van der Waals surface area contributed by atoms with Gasteiger partial charge in [-0.2, -0.15) is 0 Å². The van der Waals surface area contributed by atoms with Gasteiger partial charge in [0.15, 0.2) is 0 Å². The van der Waals surface area contributed by atoms with Gasteiger partial charge in [0, 0.05) is 23.5 Å². The molecule has 4 rings (SSSR count). The van der Waals surface area contributed by atoms with Gasteiger partial charge in [-0.25, -0.2) is 0 Å². The van der Waals surface area contributed by atoms with Crippen LogP contribution < -0.4 is 4.90 Å². The second-order valence-electron chi connectivity index (χ2n) is 5.90. The van der Waals surface area contributed by atoms with Crippen molar-refractivity contribution in [3.63, 3.8) is 0 Å². The Morgan fingerprint density at radius 1 is 0.900 bits per heavy atom. The van der Waals surface area contributed by atoms with Gasteiger partial charge in [0.1, 0.15) is 0 Å². The lowest BCUT2D eigenvalue weighted by Gasteiger charge is -2.32. The summed E-state index contributed by atoms with van der Waals surface area (Å²) in [6.07, 6.45) is 5.92. The number of fused-ring (bicyclic) bond motifs is 2. The SMILES string of the molecule is CC1=Cc2c(cccc2N2CCCc3ccccc32)C1. The molecule has 2 aromatic carbocycles. The summed E-state index contributed by atoms with van der Waals surface area (Å²) in [4.78, 5) is 2.51. The summed E-state index contributed by atoms with van der Waals surface area (Å²) >= 11 is 0. The second-order valence-corrected chi connectivity index (χ2v) is 5.90. The zero-order valence-corrected chi connectivity index (χ0v) is 11.9. The standard InChI is InChI=1S/C19H19N/c1-14-12-16-7-4-10-19(17(16)13-14)20-11-5-8-15-6-2-3-9-18(15)20/h2-4,6-7,9-10,13H,5,8,11-12H2,1H3. The molecule has 2 aliphatic rings. The molecule has 1 heterocycles. The number of hydrogen-bond donors (Lipinski definition) is 0. The molecule has 0 saturated carbocycles. The van der Waals surface area contributed by atoms with E-state index in [1.54, 1.807) is 0 Å². The summed E-state index contributed by atoms with van der Waals surface area (Å²) in [5.74, 6) is 0. The van der Waals surface area contributed by atoms with Crippen LogP contribution in [0.1, 0.15) is 30.0 Å². The van der Waals surface area contributed by atoms with Crippen LogP contribution in [0.3, 0.4) is 0 Å². The highest BCUT2D eigenvalue weighted by molar-refractivity contribution is 5.80. The highest BCUT2D eigenvalue weighted by atomic mass is 15.1. The topological polar surface area (TPSA) is 3.24 Å². The first-order valence-corrected chi connectivity index (χ1v) is 7.47. The molecule has 0 N–H and O–H groups in total. The molecule has 1 aliphatic carbocycles. The Bertz CT molecular complexity index is 697. The van der Waals surface area contributed by atoms with Crippen LogP contribution in [0.4, 0.5) is 11.4 Å². The van der Waals surface area contributed by atoms with Crippen LogP contribution in [0.15, 0.2) is 48.0 Å². The van der Waals surface area contributed by atoms with E-state index in [0.717, 1.165) is 13.0 Å². The smallest absolute Gasteiger partial charge is 0.0487 e. The first-order chi connectivity index (χ1) is 9.83. The molecular weight excluding hydrogens is 242 g/mol. The number of anilines is 2. The molecule has 0 spiro atoms. The fourth-order valence-corrected chi connectivity index (χ4v) is 3.54. The van der Waals surface area contributed by atoms with Crippen molar-refractivity contribution < 1.29 is 0 Å². The van der Waals surface area contributed by atoms with Crippen LogP contribution in [0.5, 0.6) is 0 Å². The molecule has 0 unspecified atom stereocenters. The lowest BCUT2D eigenvalue weighted by molar-refractivity contribution is 0.766. The minimum Gasteiger partial charge on any atom is -0.341 e. The monoisotopic (exact) mass is 261 g/mol. The van der Waals surface area contributed by atoms with E-state index < -0.39 is 0 Å². The Labute approximate surface area is 120 Å². The van der Waals surface area contributed by atoms with E-state index >= 15 is 0 Å². The highest BCUT2D eigenvalue weighted by Crippen LogP contribution is 2.39. The van der Waals surface area contributed by atoms with Crippen molar-refractivity contribution in [2.24, 2.45) is 0 Å². The van der Waals surface area contributed by atoms with Crippen molar-refractivity contribution in [2.45, 2.75) is 26.2 Å². The molecule has 1 aliphatic heterocycles. The predicted octanol–water partition coefficient (Wildman–Crippen LogP) is 4.73. The summed E-state index contributed by atoms with van der Waals surface area (Å²) in [5, 5.41) is 0. The lowest BCUT2D eigenvalue weighted by Crippen LogP contribution is -2.25. The Morgan fingerprint density at radius 3 is 2.65 bits per heavy atom. The number of allylic oxidation sites excluding steroid dienone is 1. The number of benzene rings is 2. The Morgan fingerprint density at radius 2 is 1.70 bits per heavy atom. The van der Waals surface area contributed by atoms with Gasteiger partial charge in [-0.1, -0.05) is 42.0 Å². The normalized spacial score (nSPS) is 16.6. The van der Waals surface area contributed by atoms with E-state index in [1.165, 1.54) is 46.5 Å². The molecule has 0 radical (unpaired) electrons. The van der Waals surface area contributed by atoms with Crippen molar-refractivity contribution >= 4 is 17.5 Å². The van der Waals surface area contributed by atoms with E-state index in [0.29, 0.717) is 0 Å². The van der Waals surface area contributed by atoms with E-state index in [-0.39, 0.29) is 0 Å². The molecule has 0 fully saturated rings. The molecule has 1 nitrogen and oxygen atoms in total. The van der Waals surface area contributed by atoms with Crippen LogP contribution in [0.2, 0.25) is 0 Å². The fraction of sp³-hybridized carbons (Fsp3) is 0.263. The summed E-state index contributed by atoms with van der Waals surface area (Å²) in [6, 6.07) is 15.6. The minimum atomic E-state index is 1.11. The molecule has 0 atom stereocenters. The quantitative estimate of drug-likeness (QED) is 0.717.